The number of halogens is 1. The first-order valence-corrected chi connectivity index (χ1v) is 6.36. The monoisotopic (exact) mass is 254 g/mol. The van der Waals surface area contributed by atoms with Gasteiger partial charge in [-0.25, -0.2) is 9.37 Å². The molecule has 1 aromatic rings. The molecule has 1 fully saturated rings. The zero-order valence-corrected chi connectivity index (χ0v) is 10.6. The van der Waals surface area contributed by atoms with Crippen LogP contribution in [0.1, 0.15) is 19.8 Å². The Kier molecular flexibility index (Phi) is 4.30. The Morgan fingerprint density at radius 2 is 2.44 bits per heavy atom. The highest BCUT2D eigenvalue weighted by Crippen LogP contribution is 2.26. The van der Waals surface area contributed by atoms with Crippen LogP contribution in [-0.4, -0.2) is 41.3 Å². The van der Waals surface area contributed by atoms with E-state index in [1.165, 1.54) is 6.20 Å². The van der Waals surface area contributed by atoms with Crippen molar-refractivity contribution in [1.29, 1.82) is 0 Å². The van der Waals surface area contributed by atoms with E-state index in [1.54, 1.807) is 0 Å². The van der Waals surface area contributed by atoms with Gasteiger partial charge in [0, 0.05) is 26.2 Å². The summed E-state index contributed by atoms with van der Waals surface area (Å²) in [5, 5.41) is 11.9. The van der Waals surface area contributed by atoms with Crippen LogP contribution >= 0.6 is 0 Å². The Balaban J connectivity index is 2.10. The maximum absolute atomic E-state index is 13.7. The third kappa shape index (κ3) is 2.87. The molecule has 5 nitrogen and oxygen atoms in total. The molecule has 2 N–H and O–H groups in total. The molecular weight excluding hydrogens is 235 g/mol. The predicted molar refractivity (Wildman–Crippen MR) is 68.2 cm³/mol. The fourth-order valence-electron chi connectivity index (χ4n) is 2.27. The van der Waals surface area contributed by atoms with Crippen molar-refractivity contribution < 1.29 is 9.50 Å². The second-order valence-electron chi connectivity index (χ2n) is 4.51. The third-order valence-electron chi connectivity index (χ3n) is 3.18. The van der Waals surface area contributed by atoms with Gasteiger partial charge in [-0.15, -0.1) is 0 Å². The minimum atomic E-state index is -0.388. The van der Waals surface area contributed by atoms with Gasteiger partial charge in [0.2, 0.25) is 5.95 Å². The van der Waals surface area contributed by atoms with Gasteiger partial charge in [0.25, 0.3) is 0 Å². The number of aliphatic hydroxyl groups excluding tert-OH is 1. The lowest BCUT2D eigenvalue weighted by atomic mass is 10.1. The van der Waals surface area contributed by atoms with E-state index in [0.717, 1.165) is 25.9 Å². The highest BCUT2D eigenvalue weighted by atomic mass is 19.1. The number of nitrogens with one attached hydrogen (secondary N) is 1. The van der Waals surface area contributed by atoms with E-state index in [2.05, 4.69) is 15.3 Å². The van der Waals surface area contributed by atoms with Crippen LogP contribution in [0.15, 0.2) is 6.20 Å². The molecule has 100 valence electrons. The van der Waals surface area contributed by atoms with Crippen molar-refractivity contribution in [3.8, 4) is 0 Å². The van der Waals surface area contributed by atoms with Gasteiger partial charge in [0.05, 0.1) is 6.20 Å². The van der Waals surface area contributed by atoms with Gasteiger partial charge in [-0.2, -0.15) is 4.98 Å². The lowest BCUT2D eigenvalue weighted by Crippen LogP contribution is -2.23. The number of nitrogens with zero attached hydrogens (tertiary/aromatic N) is 3. The maximum atomic E-state index is 13.7. The van der Waals surface area contributed by atoms with Crippen LogP contribution in [0.5, 0.6) is 0 Å². The average Bonchev–Trinajstić information content (AvgIpc) is 2.81. The highest BCUT2D eigenvalue weighted by molar-refractivity contribution is 5.44. The molecule has 0 aromatic carbocycles. The summed E-state index contributed by atoms with van der Waals surface area (Å²) in [6, 6.07) is 0. The van der Waals surface area contributed by atoms with E-state index in [0.29, 0.717) is 24.2 Å². The summed E-state index contributed by atoms with van der Waals surface area (Å²) >= 11 is 0. The van der Waals surface area contributed by atoms with Crippen LogP contribution in [0.25, 0.3) is 0 Å². The molecule has 1 aliphatic heterocycles. The minimum Gasteiger partial charge on any atom is -0.396 e. The molecular formula is C12H19FN4O. The fourth-order valence-corrected chi connectivity index (χ4v) is 2.27. The van der Waals surface area contributed by atoms with Crippen molar-refractivity contribution in [3.63, 3.8) is 0 Å². The predicted octanol–water partition coefficient (Wildman–Crippen LogP) is 1.26. The lowest BCUT2D eigenvalue weighted by Gasteiger charge is -2.18. The van der Waals surface area contributed by atoms with Crippen LogP contribution < -0.4 is 10.2 Å². The van der Waals surface area contributed by atoms with Crippen LogP contribution in [0, 0.1) is 11.7 Å². The highest BCUT2D eigenvalue weighted by Gasteiger charge is 2.25. The summed E-state index contributed by atoms with van der Waals surface area (Å²) in [7, 11) is 0. The van der Waals surface area contributed by atoms with Gasteiger partial charge in [-0.05, 0) is 25.7 Å². The molecule has 1 aliphatic rings. The molecule has 2 rings (SSSR count). The summed E-state index contributed by atoms with van der Waals surface area (Å²) in [6.45, 7) is 4.37. The number of anilines is 2. The number of hydrogen-bond acceptors (Lipinski definition) is 5. The molecule has 0 amide bonds. The molecule has 1 aromatic heterocycles. The largest absolute Gasteiger partial charge is 0.396 e. The van der Waals surface area contributed by atoms with Crippen LogP contribution in [-0.2, 0) is 0 Å². The normalized spacial score (nSPS) is 19.3. The van der Waals surface area contributed by atoms with Gasteiger partial charge in [-0.1, -0.05) is 0 Å². The number of aliphatic hydroxyl groups is 1. The van der Waals surface area contributed by atoms with Crippen molar-refractivity contribution in [3.05, 3.63) is 12.0 Å². The minimum absolute atomic E-state index is 0.188. The number of rotatable bonds is 5. The molecule has 1 saturated heterocycles. The quantitative estimate of drug-likeness (QED) is 0.828. The summed E-state index contributed by atoms with van der Waals surface area (Å²) in [5.41, 5.74) is 0. The molecule has 18 heavy (non-hydrogen) atoms. The van der Waals surface area contributed by atoms with Gasteiger partial charge >= 0.3 is 0 Å². The molecule has 1 atom stereocenters. The standard InChI is InChI=1S/C12H19FN4O/c1-2-14-12-15-7-10(13)11(16-12)17-5-3-9(8-17)4-6-18/h7,9,18H,2-6,8H2,1H3,(H,14,15,16). The Hall–Kier alpha value is -1.43. The molecule has 1 unspecified atom stereocenters. The molecule has 0 bridgehead atoms. The first kappa shape index (κ1) is 13.0. The maximum Gasteiger partial charge on any atom is 0.224 e. The van der Waals surface area contributed by atoms with E-state index in [1.807, 2.05) is 11.8 Å². The molecule has 2 heterocycles. The van der Waals surface area contributed by atoms with Crippen molar-refractivity contribution in [2.75, 3.05) is 36.5 Å². The smallest absolute Gasteiger partial charge is 0.224 e. The Labute approximate surface area is 106 Å². The van der Waals surface area contributed by atoms with Crippen molar-refractivity contribution in [1.82, 2.24) is 9.97 Å². The topological polar surface area (TPSA) is 61.3 Å². The third-order valence-corrected chi connectivity index (χ3v) is 3.18. The van der Waals surface area contributed by atoms with Gasteiger partial charge in [0.15, 0.2) is 11.6 Å². The summed E-state index contributed by atoms with van der Waals surface area (Å²) in [5.74, 6) is 0.856. The molecule has 0 radical (unpaired) electrons. The first-order valence-electron chi connectivity index (χ1n) is 6.36. The van der Waals surface area contributed by atoms with Crippen LogP contribution in [0.3, 0.4) is 0 Å². The molecule has 0 aliphatic carbocycles. The zero-order valence-electron chi connectivity index (χ0n) is 10.6. The molecule has 0 saturated carbocycles. The first-order chi connectivity index (χ1) is 8.74. The van der Waals surface area contributed by atoms with Crippen LogP contribution in [0.4, 0.5) is 16.2 Å². The average molecular weight is 254 g/mol. The molecule has 6 heteroatoms. The Morgan fingerprint density at radius 1 is 1.61 bits per heavy atom. The lowest BCUT2D eigenvalue weighted by molar-refractivity contribution is 0.263. The van der Waals surface area contributed by atoms with E-state index < -0.39 is 0 Å². The number of aromatic nitrogens is 2. The Morgan fingerprint density at radius 3 is 3.17 bits per heavy atom. The van der Waals surface area contributed by atoms with E-state index in [-0.39, 0.29) is 12.4 Å². The second-order valence-corrected chi connectivity index (χ2v) is 4.51. The van der Waals surface area contributed by atoms with E-state index >= 15 is 0 Å². The zero-order chi connectivity index (χ0) is 13.0. The summed E-state index contributed by atoms with van der Waals surface area (Å²) in [6.07, 6.45) is 2.95. The van der Waals surface area contributed by atoms with Crippen molar-refractivity contribution in [2.24, 2.45) is 5.92 Å². The van der Waals surface area contributed by atoms with Crippen LogP contribution in [0.2, 0.25) is 0 Å². The SMILES string of the molecule is CCNc1ncc(F)c(N2CCC(CCO)C2)n1. The number of hydrogen-bond donors (Lipinski definition) is 2. The van der Waals surface area contributed by atoms with E-state index in [4.69, 9.17) is 5.11 Å². The van der Waals surface area contributed by atoms with Gasteiger partial charge < -0.3 is 15.3 Å². The Bertz CT molecular complexity index is 402. The second kappa shape index (κ2) is 5.95. The van der Waals surface area contributed by atoms with E-state index in [9.17, 15) is 4.39 Å². The van der Waals surface area contributed by atoms with Crippen molar-refractivity contribution in [2.45, 2.75) is 19.8 Å². The fraction of sp³-hybridized carbons (Fsp3) is 0.667. The van der Waals surface area contributed by atoms with Gasteiger partial charge in [0.1, 0.15) is 0 Å². The molecule has 0 spiro atoms. The summed E-state index contributed by atoms with van der Waals surface area (Å²) < 4.78 is 13.7. The van der Waals surface area contributed by atoms with Crippen molar-refractivity contribution >= 4 is 11.8 Å². The summed E-state index contributed by atoms with van der Waals surface area (Å²) in [4.78, 5) is 10.0. The van der Waals surface area contributed by atoms with Gasteiger partial charge in [-0.3, -0.25) is 0 Å².